The largest absolute Gasteiger partial charge is 0.378 e. The molecule has 1 unspecified atom stereocenters. The highest BCUT2D eigenvalue weighted by atomic mass is 32.1. The summed E-state index contributed by atoms with van der Waals surface area (Å²) in [6.45, 7) is 10.7. The Morgan fingerprint density at radius 3 is 2.71 bits per heavy atom. The van der Waals surface area contributed by atoms with Crippen molar-refractivity contribution in [2.24, 2.45) is 5.92 Å². The van der Waals surface area contributed by atoms with Crippen LogP contribution in [0.5, 0.6) is 0 Å². The number of hydrogen-bond donors (Lipinski definition) is 1. The Bertz CT molecular complexity index is 169. The molecule has 2 nitrogen and oxygen atoms in total. The number of morpholine rings is 1. The van der Waals surface area contributed by atoms with Crippen LogP contribution in [0.25, 0.3) is 0 Å². The van der Waals surface area contributed by atoms with E-state index in [9.17, 15) is 0 Å². The molecule has 1 atom stereocenters. The minimum atomic E-state index is 0.203. The fourth-order valence-corrected chi connectivity index (χ4v) is 2.23. The number of nitrogens with zero attached hydrogens (tertiary/aromatic N) is 1. The third-order valence-corrected chi connectivity index (χ3v) is 3.65. The maximum Gasteiger partial charge on any atom is 0.0645 e. The van der Waals surface area contributed by atoms with Crippen LogP contribution in [0.3, 0.4) is 0 Å². The van der Waals surface area contributed by atoms with Gasteiger partial charge in [0.15, 0.2) is 0 Å². The van der Waals surface area contributed by atoms with Gasteiger partial charge in [-0.15, -0.1) is 0 Å². The molecule has 1 heterocycles. The zero-order valence-electron chi connectivity index (χ0n) is 9.62. The molecule has 0 aliphatic carbocycles. The van der Waals surface area contributed by atoms with Crippen molar-refractivity contribution in [3.63, 3.8) is 0 Å². The van der Waals surface area contributed by atoms with Gasteiger partial charge in [-0.25, -0.2) is 0 Å². The van der Waals surface area contributed by atoms with Crippen molar-refractivity contribution >= 4 is 12.6 Å². The first-order chi connectivity index (χ1) is 6.60. The Labute approximate surface area is 93.4 Å². The first-order valence-electron chi connectivity index (χ1n) is 5.54. The topological polar surface area (TPSA) is 12.5 Å². The summed E-state index contributed by atoms with van der Waals surface area (Å²) in [6.07, 6.45) is 1.22. The zero-order chi connectivity index (χ0) is 10.6. The van der Waals surface area contributed by atoms with E-state index in [1.807, 2.05) is 0 Å². The molecule has 1 aliphatic heterocycles. The second-order valence-electron chi connectivity index (χ2n) is 4.77. The van der Waals surface area contributed by atoms with E-state index in [1.54, 1.807) is 0 Å². The summed E-state index contributed by atoms with van der Waals surface area (Å²) < 4.78 is 5.50. The molecule has 0 radical (unpaired) electrons. The molecule has 1 fully saturated rings. The molecule has 0 amide bonds. The highest BCUT2D eigenvalue weighted by Gasteiger charge is 2.31. The monoisotopic (exact) mass is 217 g/mol. The second-order valence-corrected chi connectivity index (χ2v) is 5.13. The molecular formula is C11H23NOS. The number of thiol groups is 1. The second kappa shape index (κ2) is 5.38. The van der Waals surface area contributed by atoms with Gasteiger partial charge in [-0.2, -0.15) is 12.6 Å². The fourth-order valence-electron chi connectivity index (χ4n) is 1.86. The lowest BCUT2D eigenvalue weighted by Gasteiger charge is -2.43. The number of ether oxygens (including phenoxy) is 1. The molecule has 1 aliphatic rings. The third-order valence-electron chi connectivity index (χ3n) is 3.13. The predicted molar refractivity (Wildman–Crippen MR) is 64.1 cm³/mol. The molecule has 0 spiro atoms. The van der Waals surface area contributed by atoms with E-state index >= 15 is 0 Å². The molecule has 0 aromatic heterocycles. The molecule has 0 N–H and O–H groups in total. The average Bonchev–Trinajstić information content (AvgIpc) is 2.16. The van der Waals surface area contributed by atoms with E-state index in [0.717, 1.165) is 38.0 Å². The molecule has 3 heteroatoms. The van der Waals surface area contributed by atoms with Crippen LogP contribution in [0.1, 0.15) is 27.2 Å². The van der Waals surface area contributed by atoms with Gasteiger partial charge in [0.2, 0.25) is 0 Å². The van der Waals surface area contributed by atoms with Gasteiger partial charge in [-0.05, 0) is 25.5 Å². The van der Waals surface area contributed by atoms with Crippen LogP contribution in [0, 0.1) is 5.92 Å². The summed E-state index contributed by atoms with van der Waals surface area (Å²) >= 11 is 4.39. The van der Waals surface area contributed by atoms with Crippen molar-refractivity contribution in [3.8, 4) is 0 Å². The van der Waals surface area contributed by atoms with Crippen LogP contribution >= 0.6 is 12.6 Å². The molecule has 0 aromatic rings. The molecule has 0 saturated carbocycles. The van der Waals surface area contributed by atoms with Crippen LogP contribution in [-0.4, -0.2) is 42.5 Å². The minimum absolute atomic E-state index is 0.203. The van der Waals surface area contributed by atoms with Gasteiger partial charge in [-0.1, -0.05) is 13.3 Å². The molecule has 1 rings (SSSR count). The minimum Gasteiger partial charge on any atom is -0.378 e. The zero-order valence-corrected chi connectivity index (χ0v) is 10.5. The highest BCUT2D eigenvalue weighted by Crippen LogP contribution is 2.21. The van der Waals surface area contributed by atoms with E-state index in [0.29, 0.717) is 0 Å². The van der Waals surface area contributed by atoms with Gasteiger partial charge in [0.05, 0.1) is 13.2 Å². The molecule has 84 valence electrons. The molecule has 0 bridgehead atoms. The van der Waals surface area contributed by atoms with E-state index in [2.05, 4.69) is 38.3 Å². The summed E-state index contributed by atoms with van der Waals surface area (Å²) in [4.78, 5) is 2.54. The lowest BCUT2D eigenvalue weighted by molar-refractivity contribution is -0.0561. The van der Waals surface area contributed by atoms with Crippen LogP contribution in [-0.2, 0) is 4.74 Å². The molecular weight excluding hydrogens is 194 g/mol. The normalized spacial score (nSPS) is 24.9. The summed E-state index contributed by atoms with van der Waals surface area (Å²) in [7, 11) is 0. The van der Waals surface area contributed by atoms with Gasteiger partial charge in [0.25, 0.3) is 0 Å². The number of rotatable bonds is 4. The van der Waals surface area contributed by atoms with Crippen molar-refractivity contribution in [2.45, 2.75) is 32.7 Å². The van der Waals surface area contributed by atoms with E-state index in [4.69, 9.17) is 4.74 Å². The highest BCUT2D eigenvalue weighted by molar-refractivity contribution is 7.80. The third kappa shape index (κ3) is 3.14. The van der Waals surface area contributed by atoms with E-state index in [1.165, 1.54) is 6.42 Å². The lowest BCUT2D eigenvalue weighted by atomic mass is 9.99. The van der Waals surface area contributed by atoms with Crippen molar-refractivity contribution in [1.29, 1.82) is 0 Å². The fraction of sp³-hybridized carbons (Fsp3) is 1.00. The van der Waals surface area contributed by atoms with Crippen molar-refractivity contribution < 1.29 is 4.74 Å². The predicted octanol–water partition coefficient (Wildman–Crippen LogP) is 2.05. The van der Waals surface area contributed by atoms with Crippen molar-refractivity contribution in [3.05, 3.63) is 0 Å². The van der Waals surface area contributed by atoms with Crippen LogP contribution in [0.2, 0.25) is 0 Å². The lowest BCUT2D eigenvalue weighted by Crippen LogP contribution is -2.54. The Morgan fingerprint density at radius 2 is 2.21 bits per heavy atom. The molecule has 0 aromatic carbocycles. The van der Waals surface area contributed by atoms with Gasteiger partial charge in [0, 0.05) is 18.6 Å². The Morgan fingerprint density at radius 1 is 1.50 bits per heavy atom. The average molecular weight is 217 g/mol. The first-order valence-corrected chi connectivity index (χ1v) is 6.17. The Balaban J connectivity index is 2.48. The van der Waals surface area contributed by atoms with Gasteiger partial charge >= 0.3 is 0 Å². The van der Waals surface area contributed by atoms with Crippen LogP contribution < -0.4 is 0 Å². The summed E-state index contributed by atoms with van der Waals surface area (Å²) in [5.41, 5.74) is 0.203. The summed E-state index contributed by atoms with van der Waals surface area (Å²) in [6, 6.07) is 0. The van der Waals surface area contributed by atoms with Gasteiger partial charge in [-0.3, -0.25) is 4.90 Å². The SMILES string of the molecule is CCC(CS)CN1CCOCC1(C)C. The standard InChI is InChI=1S/C11H23NOS/c1-4-10(8-14)7-12-5-6-13-9-11(12,2)3/h10,14H,4-9H2,1-3H3. The summed E-state index contributed by atoms with van der Waals surface area (Å²) in [5, 5.41) is 0. The van der Waals surface area contributed by atoms with Crippen LogP contribution in [0.4, 0.5) is 0 Å². The first kappa shape index (κ1) is 12.3. The van der Waals surface area contributed by atoms with Gasteiger partial charge < -0.3 is 4.74 Å². The summed E-state index contributed by atoms with van der Waals surface area (Å²) in [5.74, 6) is 1.71. The van der Waals surface area contributed by atoms with E-state index < -0.39 is 0 Å². The maximum absolute atomic E-state index is 5.50. The Kier molecular flexibility index (Phi) is 4.74. The van der Waals surface area contributed by atoms with Gasteiger partial charge in [0.1, 0.15) is 0 Å². The van der Waals surface area contributed by atoms with Crippen LogP contribution in [0.15, 0.2) is 0 Å². The van der Waals surface area contributed by atoms with E-state index in [-0.39, 0.29) is 5.54 Å². The van der Waals surface area contributed by atoms with Crippen molar-refractivity contribution in [2.75, 3.05) is 32.1 Å². The van der Waals surface area contributed by atoms with Crippen molar-refractivity contribution in [1.82, 2.24) is 4.90 Å². The quantitative estimate of drug-likeness (QED) is 0.724. The Hall–Kier alpha value is 0.270. The molecule has 1 saturated heterocycles. The molecule has 14 heavy (non-hydrogen) atoms. The smallest absolute Gasteiger partial charge is 0.0645 e. The maximum atomic E-state index is 5.50. The number of hydrogen-bond acceptors (Lipinski definition) is 3.